The Morgan fingerprint density at radius 2 is 1.39 bits per heavy atom. The van der Waals surface area contributed by atoms with Crippen LogP contribution in [-0.2, 0) is 6.18 Å². The molecule has 1 N–H and O–H groups in total. The molecule has 0 radical (unpaired) electrons. The second-order valence-electron chi connectivity index (χ2n) is 5.84. The quantitative estimate of drug-likeness (QED) is 0.263. The number of hydrogen-bond donors (Lipinski definition) is 1. The standard InChI is InChI=1S/C16H8F7N3O6.Na.H/c17-14(18)16(22,23)32-9-3-1-7(2-4-9)13(27)24-12-10(25(28)29)5-8(15(19,20)21)6-11(12)26(30)31;;/h1-6,14H,(H,24,27);;. The fourth-order valence-corrected chi connectivity index (χ4v) is 2.25. The van der Waals surface area contributed by atoms with Gasteiger partial charge in [-0.05, 0) is 24.3 Å². The molecule has 0 saturated carbocycles. The van der Waals surface area contributed by atoms with Crippen molar-refractivity contribution in [3.63, 3.8) is 0 Å². The number of nitro groups is 2. The van der Waals surface area contributed by atoms with E-state index in [9.17, 15) is 55.8 Å². The molecule has 0 aliphatic heterocycles. The number of nitrogens with one attached hydrogen (secondary N) is 1. The number of nitro benzene ring substituents is 2. The third kappa shape index (κ3) is 6.75. The van der Waals surface area contributed by atoms with Crippen LogP contribution in [-0.4, -0.2) is 57.8 Å². The van der Waals surface area contributed by atoms with E-state index in [1.165, 1.54) is 0 Å². The first kappa shape index (κ1) is 28.1. The van der Waals surface area contributed by atoms with E-state index < -0.39 is 68.4 Å². The molecule has 33 heavy (non-hydrogen) atoms. The van der Waals surface area contributed by atoms with Crippen molar-refractivity contribution in [3.8, 4) is 5.75 Å². The Hall–Kier alpha value is -2.98. The average molecular weight is 495 g/mol. The predicted octanol–water partition coefficient (Wildman–Crippen LogP) is 4.36. The monoisotopic (exact) mass is 495 g/mol. The van der Waals surface area contributed by atoms with Gasteiger partial charge in [-0.15, -0.1) is 0 Å². The van der Waals surface area contributed by atoms with Gasteiger partial charge in [-0.3, -0.25) is 25.0 Å². The van der Waals surface area contributed by atoms with Crippen molar-refractivity contribution in [2.45, 2.75) is 18.7 Å². The Kier molecular flexibility index (Phi) is 8.76. The van der Waals surface area contributed by atoms with Crippen LogP contribution >= 0.6 is 0 Å². The summed E-state index contributed by atoms with van der Waals surface area (Å²) in [4.78, 5) is 31.8. The second-order valence-corrected chi connectivity index (χ2v) is 5.84. The van der Waals surface area contributed by atoms with Crippen LogP contribution in [0.3, 0.4) is 0 Å². The van der Waals surface area contributed by atoms with Crippen LogP contribution in [0.25, 0.3) is 0 Å². The number of hydrogen-bond acceptors (Lipinski definition) is 6. The summed E-state index contributed by atoms with van der Waals surface area (Å²) in [6.45, 7) is 0. The van der Waals surface area contributed by atoms with E-state index in [1.54, 1.807) is 5.32 Å². The molecule has 9 nitrogen and oxygen atoms in total. The van der Waals surface area contributed by atoms with Crippen molar-refractivity contribution in [3.05, 3.63) is 67.8 Å². The summed E-state index contributed by atoms with van der Waals surface area (Å²) in [7, 11) is 0. The van der Waals surface area contributed by atoms with E-state index in [0.29, 0.717) is 12.1 Å². The van der Waals surface area contributed by atoms with Crippen molar-refractivity contribution in [2.24, 2.45) is 0 Å². The molecular formula is C16H9F7N3NaO6. The van der Waals surface area contributed by atoms with Crippen molar-refractivity contribution in [2.75, 3.05) is 5.32 Å². The van der Waals surface area contributed by atoms with Crippen molar-refractivity contribution >= 4 is 52.5 Å². The van der Waals surface area contributed by atoms with Gasteiger partial charge >= 0.3 is 59.6 Å². The van der Waals surface area contributed by atoms with Gasteiger partial charge in [0.1, 0.15) is 5.75 Å². The molecular weight excluding hydrogens is 486 g/mol. The van der Waals surface area contributed by atoms with Crippen LogP contribution in [0.4, 0.5) is 47.8 Å². The SMILES string of the molecule is O=C(Nc1c([N+](=O)[O-])cc(C(F)(F)F)cc1[N+](=O)[O-])c1ccc(OC(F)(F)C(F)F)cc1.[NaH]. The number of anilines is 1. The van der Waals surface area contributed by atoms with Crippen molar-refractivity contribution in [1.29, 1.82) is 0 Å². The molecule has 174 valence electrons. The molecule has 17 heteroatoms. The van der Waals surface area contributed by atoms with E-state index in [2.05, 4.69) is 4.74 Å². The van der Waals surface area contributed by atoms with Gasteiger partial charge in [0.2, 0.25) is 0 Å². The Morgan fingerprint density at radius 3 is 1.76 bits per heavy atom. The van der Waals surface area contributed by atoms with E-state index in [1.807, 2.05) is 0 Å². The minimum atomic E-state index is -5.17. The number of carbonyl (C=O) groups excluding carboxylic acids is 1. The fraction of sp³-hybridized carbons (Fsp3) is 0.188. The van der Waals surface area contributed by atoms with Gasteiger partial charge in [0, 0.05) is 17.7 Å². The number of carbonyl (C=O) groups is 1. The van der Waals surface area contributed by atoms with Gasteiger partial charge in [-0.25, -0.2) is 0 Å². The molecule has 0 spiro atoms. The maximum atomic E-state index is 12.9. The number of ether oxygens (including phenoxy) is 1. The van der Waals surface area contributed by atoms with Gasteiger partial charge in [0.05, 0.1) is 15.4 Å². The van der Waals surface area contributed by atoms with Crippen LogP contribution in [0.2, 0.25) is 0 Å². The third-order valence-electron chi connectivity index (χ3n) is 3.68. The molecule has 2 aromatic carbocycles. The van der Waals surface area contributed by atoms with Crippen LogP contribution in [0.5, 0.6) is 5.75 Å². The zero-order valence-electron chi connectivity index (χ0n) is 15.0. The predicted molar refractivity (Wildman–Crippen MR) is 97.9 cm³/mol. The summed E-state index contributed by atoms with van der Waals surface area (Å²) in [5.74, 6) is -2.11. The topological polar surface area (TPSA) is 125 Å². The second kappa shape index (κ2) is 10.3. The molecule has 0 aliphatic carbocycles. The van der Waals surface area contributed by atoms with E-state index in [-0.39, 0.29) is 41.7 Å². The number of benzene rings is 2. The van der Waals surface area contributed by atoms with E-state index in [0.717, 1.165) is 12.1 Å². The molecule has 0 aliphatic rings. The summed E-state index contributed by atoms with van der Waals surface area (Å²) in [6.07, 6.45) is -14.2. The average Bonchev–Trinajstić information content (AvgIpc) is 2.66. The number of halogens is 7. The number of alkyl halides is 7. The van der Waals surface area contributed by atoms with Gasteiger partial charge < -0.3 is 10.1 Å². The van der Waals surface area contributed by atoms with Crippen LogP contribution in [0.1, 0.15) is 15.9 Å². The Morgan fingerprint density at radius 1 is 0.939 bits per heavy atom. The zero-order valence-corrected chi connectivity index (χ0v) is 15.0. The molecule has 0 unspecified atom stereocenters. The van der Waals surface area contributed by atoms with E-state index >= 15 is 0 Å². The van der Waals surface area contributed by atoms with E-state index in [4.69, 9.17) is 0 Å². The summed E-state index contributed by atoms with van der Waals surface area (Å²) in [6, 6.07) is 2.75. The first-order valence-electron chi connectivity index (χ1n) is 7.94. The number of rotatable bonds is 7. The van der Waals surface area contributed by atoms with Gasteiger partial charge in [0.15, 0.2) is 5.69 Å². The first-order chi connectivity index (χ1) is 14.6. The summed E-state index contributed by atoms with van der Waals surface area (Å²) >= 11 is 0. The molecule has 0 fully saturated rings. The summed E-state index contributed by atoms with van der Waals surface area (Å²) in [5.41, 5.74) is -6.22. The normalized spacial score (nSPS) is 11.5. The van der Waals surface area contributed by atoms with Crippen LogP contribution < -0.4 is 10.1 Å². The third-order valence-corrected chi connectivity index (χ3v) is 3.68. The molecule has 0 atom stereocenters. The molecule has 2 aromatic rings. The first-order valence-corrected chi connectivity index (χ1v) is 7.94. The molecule has 1 amide bonds. The molecule has 0 saturated heterocycles. The molecule has 0 heterocycles. The number of amides is 1. The zero-order chi connectivity index (χ0) is 24.4. The van der Waals surface area contributed by atoms with Crippen molar-refractivity contribution < 1.29 is 50.1 Å². The summed E-state index contributed by atoms with van der Waals surface area (Å²) < 4.78 is 92.5. The Labute approximate surface area is 200 Å². The van der Waals surface area contributed by atoms with Gasteiger partial charge in [-0.2, -0.15) is 30.7 Å². The van der Waals surface area contributed by atoms with Crippen molar-refractivity contribution in [1.82, 2.24) is 0 Å². The van der Waals surface area contributed by atoms with Crippen LogP contribution in [0.15, 0.2) is 36.4 Å². The minimum absolute atomic E-state index is 0. The Balaban J connectivity index is 0.00000544. The molecule has 2 rings (SSSR count). The maximum absolute atomic E-state index is 12.9. The number of nitrogens with zero attached hydrogens (tertiary/aromatic N) is 2. The Bertz CT molecular complexity index is 1030. The van der Waals surface area contributed by atoms with Gasteiger partial charge in [0.25, 0.3) is 5.91 Å². The molecule has 0 aromatic heterocycles. The summed E-state index contributed by atoms with van der Waals surface area (Å²) in [5, 5.41) is 24.0. The molecule has 0 bridgehead atoms. The van der Waals surface area contributed by atoms with Gasteiger partial charge in [-0.1, -0.05) is 0 Å². The van der Waals surface area contributed by atoms with Crippen LogP contribution in [0, 0.1) is 20.2 Å². The fourth-order valence-electron chi connectivity index (χ4n) is 2.25.